The third kappa shape index (κ3) is 1.51. The molecule has 1 aliphatic rings. The van der Waals surface area contributed by atoms with Crippen molar-refractivity contribution in [3.8, 4) is 0 Å². The topological polar surface area (TPSA) is 9.23 Å². The van der Waals surface area contributed by atoms with Crippen LogP contribution in [0.5, 0.6) is 0 Å². The van der Waals surface area contributed by atoms with Gasteiger partial charge in [-0.15, -0.1) is 0 Å². The Kier molecular flexibility index (Phi) is 2.72. The molecule has 1 heterocycles. The highest BCUT2D eigenvalue weighted by atomic mass is 16.5. The maximum Gasteiger partial charge on any atom is 0.0500 e. The zero-order valence-corrected chi connectivity index (χ0v) is 7.26. The second kappa shape index (κ2) is 3.38. The number of hydrogen-bond donors (Lipinski definition) is 0. The van der Waals surface area contributed by atoms with Crippen LogP contribution >= 0.6 is 0 Å². The monoisotopic (exact) mass is 142 g/mol. The van der Waals surface area contributed by atoms with Crippen molar-refractivity contribution in [2.45, 2.75) is 27.2 Å². The van der Waals surface area contributed by atoms with Crippen molar-refractivity contribution in [3.63, 3.8) is 0 Å². The molecule has 1 saturated heterocycles. The fraction of sp³-hybridized carbons (Fsp3) is 1.00. The van der Waals surface area contributed by atoms with Crippen LogP contribution in [-0.4, -0.2) is 13.2 Å². The van der Waals surface area contributed by atoms with E-state index in [2.05, 4.69) is 20.8 Å². The van der Waals surface area contributed by atoms with Crippen LogP contribution in [0.4, 0.5) is 0 Å². The predicted molar refractivity (Wildman–Crippen MR) is 42.9 cm³/mol. The first-order chi connectivity index (χ1) is 4.75. The molecule has 0 aromatic rings. The van der Waals surface area contributed by atoms with Gasteiger partial charge in [-0.2, -0.15) is 0 Å². The molecule has 2 unspecified atom stereocenters. The van der Waals surface area contributed by atoms with Gasteiger partial charge in [0.15, 0.2) is 0 Å². The Bertz CT molecular complexity index is 98.9. The quantitative estimate of drug-likeness (QED) is 0.575. The summed E-state index contributed by atoms with van der Waals surface area (Å²) in [6.45, 7) is 8.84. The Morgan fingerprint density at radius 3 is 2.50 bits per heavy atom. The molecule has 0 saturated carbocycles. The Morgan fingerprint density at radius 1 is 1.40 bits per heavy atom. The number of hydrogen-bond acceptors (Lipinski definition) is 1. The van der Waals surface area contributed by atoms with Gasteiger partial charge in [0.1, 0.15) is 0 Å². The molecule has 0 bridgehead atoms. The fourth-order valence-corrected chi connectivity index (χ4v) is 1.77. The van der Waals surface area contributed by atoms with E-state index in [1.807, 2.05) is 0 Å². The van der Waals surface area contributed by atoms with E-state index in [9.17, 15) is 0 Å². The van der Waals surface area contributed by atoms with Gasteiger partial charge in [0.25, 0.3) is 0 Å². The largest absolute Gasteiger partial charge is 0.381 e. The summed E-state index contributed by atoms with van der Waals surface area (Å²) in [7, 11) is 0. The van der Waals surface area contributed by atoms with Gasteiger partial charge in [-0.1, -0.05) is 27.2 Å². The summed E-state index contributed by atoms with van der Waals surface area (Å²) in [5, 5.41) is 0. The van der Waals surface area contributed by atoms with Crippen molar-refractivity contribution in [3.05, 3.63) is 0 Å². The van der Waals surface area contributed by atoms with Gasteiger partial charge in [-0.05, 0) is 17.8 Å². The first-order valence-electron chi connectivity index (χ1n) is 4.33. The minimum absolute atomic E-state index is 0.799. The Hall–Kier alpha value is -0.0400. The van der Waals surface area contributed by atoms with Crippen molar-refractivity contribution in [1.29, 1.82) is 0 Å². The molecule has 0 amide bonds. The van der Waals surface area contributed by atoms with Crippen molar-refractivity contribution < 1.29 is 4.74 Å². The van der Waals surface area contributed by atoms with Gasteiger partial charge in [-0.3, -0.25) is 0 Å². The standard InChI is InChI=1S/C9H18O/c1-4-8-5-10-6-9(8)7(2)3/h7-9H,4-6H2,1-3H3. The van der Waals surface area contributed by atoms with Crippen LogP contribution in [0, 0.1) is 17.8 Å². The molecule has 0 N–H and O–H groups in total. The van der Waals surface area contributed by atoms with Crippen LogP contribution in [-0.2, 0) is 4.74 Å². The lowest BCUT2D eigenvalue weighted by Gasteiger charge is -2.18. The third-order valence-electron chi connectivity index (χ3n) is 2.63. The summed E-state index contributed by atoms with van der Waals surface area (Å²) in [6.07, 6.45) is 1.28. The van der Waals surface area contributed by atoms with E-state index in [1.54, 1.807) is 0 Å². The Morgan fingerprint density at radius 2 is 2.10 bits per heavy atom. The molecule has 0 aromatic carbocycles. The minimum atomic E-state index is 0.799. The second-order valence-electron chi connectivity index (χ2n) is 3.61. The van der Waals surface area contributed by atoms with Gasteiger partial charge in [0, 0.05) is 13.2 Å². The average molecular weight is 142 g/mol. The lowest BCUT2D eigenvalue weighted by atomic mass is 9.85. The molecule has 1 fully saturated rings. The van der Waals surface area contributed by atoms with Crippen LogP contribution in [0.2, 0.25) is 0 Å². The fourth-order valence-electron chi connectivity index (χ4n) is 1.77. The highest BCUT2D eigenvalue weighted by molar-refractivity contribution is 4.76. The summed E-state index contributed by atoms with van der Waals surface area (Å²) in [5.74, 6) is 2.46. The summed E-state index contributed by atoms with van der Waals surface area (Å²) >= 11 is 0. The molecule has 1 aliphatic heterocycles. The van der Waals surface area contributed by atoms with Crippen LogP contribution in [0.15, 0.2) is 0 Å². The van der Waals surface area contributed by atoms with Crippen molar-refractivity contribution in [2.24, 2.45) is 17.8 Å². The van der Waals surface area contributed by atoms with Gasteiger partial charge in [0.05, 0.1) is 0 Å². The highest BCUT2D eigenvalue weighted by Gasteiger charge is 2.28. The summed E-state index contributed by atoms with van der Waals surface area (Å²) in [5.41, 5.74) is 0. The Balaban J connectivity index is 2.42. The normalized spacial score (nSPS) is 33.6. The minimum Gasteiger partial charge on any atom is -0.381 e. The molecule has 2 atom stereocenters. The zero-order valence-electron chi connectivity index (χ0n) is 7.26. The second-order valence-corrected chi connectivity index (χ2v) is 3.61. The molecule has 1 nitrogen and oxygen atoms in total. The molecule has 1 rings (SSSR count). The van der Waals surface area contributed by atoms with Gasteiger partial charge in [-0.25, -0.2) is 0 Å². The molecule has 60 valence electrons. The van der Waals surface area contributed by atoms with Crippen molar-refractivity contribution >= 4 is 0 Å². The summed E-state index contributed by atoms with van der Waals surface area (Å²) in [6, 6.07) is 0. The van der Waals surface area contributed by atoms with Gasteiger partial charge < -0.3 is 4.74 Å². The lowest BCUT2D eigenvalue weighted by Crippen LogP contribution is -2.17. The lowest BCUT2D eigenvalue weighted by molar-refractivity contribution is 0.174. The van der Waals surface area contributed by atoms with E-state index in [1.165, 1.54) is 6.42 Å². The molecule has 0 spiro atoms. The SMILES string of the molecule is CCC1COCC1C(C)C. The van der Waals surface area contributed by atoms with Crippen LogP contribution in [0.1, 0.15) is 27.2 Å². The molecule has 1 heteroatoms. The molecule has 10 heavy (non-hydrogen) atoms. The van der Waals surface area contributed by atoms with Crippen molar-refractivity contribution in [2.75, 3.05) is 13.2 Å². The summed E-state index contributed by atoms with van der Waals surface area (Å²) < 4.78 is 5.42. The molecular weight excluding hydrogens is 124 g/mol. The van der Waals surface area contributed by atoms with Gasteiger partial charge in [0.2, 0.25) is 0 Å². The van der Waals surface area contributed by atoms with Crippen LogP contribution < -0.4 is 0 Å². The van der Waals surface area contributed by atoms with E-state index in [0.29, 0.717) is 0 Å². The van der Waals surface area contributed by atoms with Crippen molar-refractivity contribution in [1.82, 2.24) is 0 Å². The number of rotatable bonds is 2. The summed E-state index contributed by atoms with van der Waals surface area (Å²) in [4.78, 5) is 0. The van der Waals surface area contributed by atoms with Crippen LogP contribution in [0.3, 0.4) is 0 Å². The third-order valence-corrected chi connectivity index (χ3v) is 2.63. The Labute approximate surface area is 63.8 Å². The molecule has 0 aromatic heterocycles. The maximum atomic E-state index is 5.42. The van der Waals surface area contributed by atoms with E-state index < -0.39 is 0 Å². The first kappa shape index (κ1) is 8.06. The molecular formula is C9H18O. The first-order valence-corrected chi connectivity index (χ1v) is 4.33. The predicted octanol–water partition coefficient (Wildman–Crippen LogP) is 2.32. The smallest absolute Gasteiger partial charge is 0.0500 e. The average Bonchev–Trinajstić information content (AvgIpc) is 2.33. The van der Waals surface area contributed by atoms with E-state index >= 15 is 0 Å². The van der Waals surface area contributed by atoms with Gasteiger partial charge >= 0.3 is 0 Å². The molecule has 0 aliphatic carbocycles. The van der Waals surface area contributed by atoms with E-state index in [-0.39, 0.29) is 0 Å². The van der Waals surface area contributed by atoms with E-state index in [0.717, 1.165) is 31.0 Å². The number of ether oxygens (including phenoxy) is 1. The van der Waals surface area contributed by atoms with E-state index in [4.69, 9.17) is 4.74 Å². The zero-order chi connectivity index (χ0) is 7.56. The highest BCUT2D eigenvalue weighted by Crippen LogP contribution is 2.29. The molecule has 0 radical (unpaired) electrons. The maximum absolute atomic E-state index is 5.42. The van der Waals surface area contributed by atoms with Crippen LogP contribution in [0.25, 0.3) is 0 Å².